The van der Waals surface area contributed by atoms with Crippen LogP contribution in [0.1, 0.15) is 60.6 Å². The Balaban J connectivity index is 1.56. The summed E-state index contributed by atoms with van der Waals surface area (Å²) in [6, 6.07) is 5.81. The van der Waals surface area contributed by atoms with Crippen molar-refractivity contribution < 1.29 is 4.79 Å². The van der Waals surface area contributed by atoms with E-state index in [1.807, 2.05) is 12.1 Å². The van der Waals surface area contributed by atoms with Gasteiger partial charge in [0, 0.05) is 36.9 Å². The molecule has 0 bridgehead atoms. The van der Waals surface area contributed by atoms with Crippen molar-refractivity contribution in [2.24, 2.45) is 5.73 Å². The summed E-state index contributed by atoms with van der Waals surface area (Å²) in [4.78, 5) is 24.0. The fourth-order valence-electron chi connectivity index (χ4n) is 4.29. The SMILES string of the molecule is Nc1ccc(C2CCCC2)nc1C(=O)Nc1cnccc1N1CCCC(N)C1. The largest absolute Gasteiger partial charge is 0.397 e. The molecule has 148 valence electrons. The zero-order chi connectivity index (χ0) is 19.5. The first-order valence-electron chi connectivity index (χ1n) is 10.1. The number of aromatic nitrogens is 2. The van der Waals surface area contributed by atoms with Crippen LogP contribution in [0.15, 0.2) is 30.6 Å². The van der Waals surface area contributed by atoms with E-state index < -0.39 is 0 Å². The van der Waals surface area contributed by atoms with Crippen LogP contribution in [-0.4, -0.2) is 35.0 Å². The summed E-state index contributed by atoms with van der Waals surface area (Å²) >= 11 is 0. The summed E-state index contributed by atoms with van der Waals surface area (Å²) in [6.07, 6.45) is 10.2. The molecule has 7 nitrogen and oxygen atoms in total. The fourth-order valence-corrected chi connectivity index (χ4v) is 4.29. The number of carbonyl (C=O) groups is 1. The number of hydrogen-bond acceptors (Lipinski definition) is 6. The molecule has 2 fully saturated rings. The lowest BCUT2D eigenvalue weighted by molar-refractivity contribution is 0.102. The molecular formula is C21H28N6O. The monoisotopic (exact) mass is 380 g/mol. The number of hydrogen-bond donors (Lipinski definition) is 3. The van der Waals surface area contributed by atoms with Gasteiger partial charge in [0.2, 0.25) is 0 Å². The highest BCUT2D eigenvalue weighted by Crippen LogP contribution is 2.34. The van der Waals surface area contributed by atoms with Crippen LogP contribution in [0.5, 0.6) is 0 Å². The van der Waals surface area contributed by atoms with Crippen molar-refractivity contribution in [3.63, 3.8) is 0 Å². The zero-order valence-electron chi connectivity index (χ0n) is 16.1. The van der Waals surface area contributed by atoms with Crippen LogP contribution in [0, 0.1) is 0 Å². The molecule has 4 rings (SSSR count). The van der Waals surface area contributed by atoms with Crippen LogP contribution < -0.4 is 21.7 Å². The third-order valence-electron chi connectivity index (χ3n) is 5.78. The molecular weight excluding hydrogens is 352 g/mol. The predicted octanol–water partition coefficient (Wildman–Crippen LogP) is 2.90. The molecule has 0 spiro atoms. The summed E-state index contributed by atoms with van der Waals surface area (Å²) < 4.78 is 0. The van der Waals surface area contributed by atoms with E-state index in [-0.39, 0.29) is 17.6 Å². The van der Waals surface area contributed by atoms with E-state index in [0.717, 1.165) is 50.2 Å². The summed E-state index contributed by atoms with van der Waals surface area (Å²) in [5, 5.41) is 2.97. The molecule has 0 aromatic carbocycles. The first-order valence-corrected chi connectivity index (χ1v) is 10.1. The Morgan fingerprint density at radius 1 is 1.14 bits per heavy atom. The van der Waals surface area contributed by atoms with Crippen LogP contribution in [0.25, 0.3) is 0 Å². The Morgan fingerprint density at radius 3 is 2.75 bits per heavy atom. The van der Waals surface area contributed by atoms with Gasteiger partial charge in [-0.25, -0.2) is 4.98 Å². The topological polar surface area (TPSA) is 110 Å². The van der Waals surface area contributed by atoms with Crippen molar-refractivity contribution in [1.29, 1.82) is 0 Å². The van der Waals surface area contributed by atoms with Gasteiger partial charge in [-0.15, -0.1) is 0 Å². The van der Waals surface area contributed by atoms with Crippen LogP contribution in [-0.2, 0) is 0 Å². The minimum absolute atomic E-state index is 0.144. The number of amides is 1. The number of nitrogens with one attached hydrogen (secondary N) is 1. The molecule has 0 radical (unpaired) electrons. The van der Waals surface area contributed by atoms with Crippen LogP contribution in [0.4, 0.5) is 17.1 Å². The number of carbonyl (C=O) groups excluding carboxylic acids is 1. The van der Waals surface area contributed by atoms with Gasteiger partial charge in [0.05, 0.1) is 23.3 Å². The molecule has 1 saturated carbocycles. The highest BCUT2D eigenvalue weighted by atomic mass is 16.1. The molecule has 1 aliphatic carbocycles. The minimum Gasteiger partial charge on any atom is -0.397 e. The van der Waals surface area contributed by atoms with E-state index in [0.29, 0.717) is 17.3 Å². The van der Waals surface area contributed by atoms with Crippen molar-refractivity contribution in [1.82, 2.24) is 9.97 Å². The summed E-state index contributed by atoms with van der Waals surface area (Å²) in [7, 11) is 0. The van der Waals surface area contributed by atoms with Gasteiger partial charge in [0.25, 0.3) is 5.91 Å². The molecule has 28 heavy (non-hydrogen) atoms. The Bertz CT molecular complexity index is 849. The normalized spacial score (nSPS) is 20.3. The van der Waals surface area contributed by atoms with Gasteiger partial charge >= 0.3 is 0 Å². The van der Waals surface area contributed by atoms with Gasteiger partial charge in [0.15, 0.2) is 5.69 Å². The van der Waals surface area contributed by atoms with Crippen molar-refractivity contribution >= 4 is 23.0 Å². The van der Waals surface area contributed by atoms with Crippen molar-refractivity contribution in [3.05, 3.63) is 42.0 Å². The molecule has 2 aromatic rings. The molecule has 2 aliphatic rings. The maximum Gasteiger partial charge on any atom is 0.276 e. The molecule has 1 unspecified atom stereocenters. The number of rotatable bonds is 4. The first-order chi connectivity index (χ1) is 13.6. The van der Waals surface area contributed by atoms with Crippen molar-refractivity contribution in [2.45, 2.75) is 50.5 Å². The third-order valence-corrected chi connectivity index (χ3v) is 5.78. The van der Waals surface area contributed by atoms with Gasteiger partial charge in [-0.1, -0.05) is 12.8 Å². The number of piperidine rings is 1. The lowest BCUT2D eigenvalue weighted by Crippen LogP contribution is -2.43. The van der Waals surface area contributed by atoms with Gasteiger partial charge < -0.3 is 21.7 Å². The maximum absolute atomic E-state index is 13.0. The van der Waals surface area contributed by atoms with Gasteiger partial charge in [-0.05, 0) is 43.9 Å². The number of nitrogen functional groups attached to an aromatic ring is 1. The summed E-state index contributed by atoms with van der Waals surface area (Å²) in [5.74, 6) is 0.129. The Labute approximate surface area is 165 Å². The second kappa shape index (κ2) is 8.14. The fraction of sp³-hybridized carbons (Fsp3) is 0.476. The van der Waals surface area contributed by atoms with Crippen LogP contribution in [0.2, 0.25) is 0 Å². The summed E-state index contributed by atoms with van der Waals surface area (Å²) in [5.41, 5.74) is 15.4. The highest BCUT2D eigenvalue weighted by molar-refractivity contribution is 6.07. The molecule has 7 heteroatoms. The lowest BCUT2D eigenvalue weighted by atomic mass is 10.0. The van der Waals surface area contributed by atoms with Crippen molar-refractivity contribution in [3.8, 4) is 0 Å². The van der Waals surface area contributed by atoms with E-state index in [1.165, 1.54) is 12.8 Å². The Kier molecular flexibility index (Phi) is 5.43. The molecule has 1 saturated heterocycles. The van der Waals surface area contributed by atoms with Gasteiger partial charge in [0.1, 0.15) is 0 Å². The molecule has 1 atom stereocenters. The Morgan fingerprint density at radius 2 is 1.96 bits per heavy atom. The second-order valence-electron chi connectivity index (χ2n) is 7.85. The quantitative estimate of drug-likeness (QED) is 0.752. The van der Waals surface area contributed by atoms with Gasteiger partial charge in [-0.3, -0.25) is 9.78 Å². The van der Waals surface area contributed by atoms with Crippen LogP contribution in [0.3, 0.4) is 0 Å². The lowest BCUT2D eigenvalue weighted by Gasteiger charge is -2.33. The van der Waals surface area contributed by atoms with E-state index in [9.17, 15) is 4.79 Å². The predicted molar refractivity (Wildman–Crippen MR) is 111 cm³/mol. The Hall–Kier alpha value is -2.67. The van der Waals surface area contributed by atoms with Crippen molar-refractivity contribution in [2.75, 3.05) is 29.0 Å². The molecule has 1 amide bonds. The first kappa shape index (κ1) is 18.7. The average Bonchev–Trinajstić information content (AvgIpc) is 3.23. The number of nitrogens with zero attached hydrogens (tertiary/aromatic N) is 3. The number of anilines is 3. The highest BCUT2D eigenvalue weighted by Gasteiger charge is 2.23. The van der Waals surface area contributed by atoms with E-state index in [1.54, 1.807) is 18.5 Å². The third kappa shape index (κ3) is 3.94. The molecule has 3 heterocycles. The van der Waals surface area contributed by atoms with E-state index in [2.05, 4.69) is 20.2 Å². The summed E-state index contributed by atoms with van der Waals surface area (Å²) in [6.45, 7) is 1.68. The number of nitrogens with two attached hydrogens (primary N) is 2. The molecule has 1 aliphatic heterocycles. The second-order valence-corrected chi connectivity index (χ2v) is 7.85. The van der Waals surface area contributed by atoms with E-state index >= 15 is 0 Å². The van der Waals surface area contributed by atoms with E-state index in [4.69, 9.17) is 11.5 Å². The average molecular weight is 380 g/mol. The minimum atomic E-state index is -0.298. The smallest absolute Gasteiger partial charge is 0.276 e. The number of pyridine rings is 2. The molecule has 2 aromatic heterocycles. The molecule has 5 N–H and O–H groups in total. The standard InChI is InChI=1S/C21H28N6O/c22-15-6-3-11-27(13-15)19-9-10-24-12-18(19)26-21(28)20-16(23)7-8-17(25-20)14-4-1-2-5-14/h7-10,12,14-15H,1-6,11,13,22-23H2,(H,26,28). The van der Waals surface area contributed by atoms with Gasteiger partial charge in [-0.2, -0.15) is 0 Å². The van der Waals surface area contributed by atoms with Crippen LogP contribution >= 0.6 is 0 Å². The maximum atomic E-state index is 13.0. The zero-order valence-corrected chi connectivity index (χ0v) is 16.1.